The van der Waals surface area contributed by atoms with E-state index in [4.69, 9.17) is 22.1 Å². The molecule has 0 aliphatic carbocycles. The summed E-state index contributed by atoms with van der Waals surface area (Å²) in [5.74, 6) is 1.10. The molecule has 8 heteroatoms. The van der Waals surface area contributed by atoms with Crippen molar-refractivity contribution < 1.29 is 9.53 Å². The molecule has 2 aliphatic rings. The molecule has 2 heterocycles. The molecule has 186 valence electrons. The van der Waals surface area contributed by atoms with Crippen LogP contribution in [0.3, 0.4) is 0 Å². The molecule has 1 aromatic carbocycles. The molecule has 0 bridgehead atoms. The van der Waals surface area contributed by atoms with Crippen LogP contribution in [0.2, 0.25) is 5.02 Å². The van der Waals surface area contributed by atoms with Crippen molar-refractivity contribution in [3.8, 4) is 5.75 Å². The highest BCUT2D eigenvalue weighted by Crippen LogP contribution is 2.29. The van der Waals surface area contributed by atoms with Gasteiger partial charge in [0.05, 0.1) is 23.4 Å². The van der Waals surface area contributed by atoms with E-state index in [1.165, 1.54) is 59.1 Å². The molecule has 0 unspecified atom stereocenters. The van der Waals surface area contributed by atoms with Crippen molar-refractivity contribution in [2.45, 2.75) is 45.1 Å². The number of likely N-dealkylation sites (tertiary alicyclic amines) is 2. The van der Waals surface area contributed by atoms with Crippen LogP contribution in [0.25, 0.3) is 0 Å². The number of nitrogens with one attached hydrogen (secondary N) is 1. The first-order chi connectivity index (χ1) is 15.9. The summed E-state index contributed by atoms with van der Waals surface area (Å²) < 4.78 is 5.32. The van der Waals surface area contributed by atoms with Crippen molar-refractivity contribution in [1.29, 1.82) is 0 Å². The van der Waals surface area contributed by atoms with E-state index in [1.807, 2.05) is 0 Å². The summed E-state index contributed by atoms with van der Waals surface area (Å²) in [5.41, 5.74) is 6.68. The molecule has 1 amide bonds. The lowest BCUT2D eigenvalue weighted by Gasteiger charge is -2.38. The predicted octanol–water partition coefficient (Wildman–Crippen LogP) is 3.18. The Bertz CT molecular complexity index is 761. The Balaban J connectivity index is 1.36. The van der Waals surface area contributed by atoms with Crippen LogP contribution < -0.4 is 15.8 Å². The van der Waals surface area contributed by atoms with Gasteiger partial charge in [-0.2, -0.15) is 0 Å². The molecular formula is C25H42ClN5O2. The molecule has 0 saturated carbocycles. The Morgan fingerprint density at radius 1 is 1.18 bits per heavy atom. The van der Waals surface area contributed by atoms with Gasteiger partial charge in [0.2, 0.25) is 0 Å². The Labute approximate surface area is 204 Å². The van der Waals surface area contributed by atoms with Crippen molar-refractivity contribution in [2.75, 3.05) is 72.2 Å². The molecule has 33 heavy (non-hydrogen) atoms. The number of nitrogen functional groups attached to an aromatic ring is 1. The van der Waals surface area contributed by atoms with Gasteiger partial charge in [-0.05, 0) is 83.9 Å². The smallest absolute Gasteiger partial charge is 0.255 e. The minimum Gasteiger partial charge on any atom is -0.496 e. The van der Waals surface area contributed by atoms with Crippen LogP contribution >= 0.6 is 11.6 Å². The van der Waals surface area contributed by atoms with Crippen molar-refractivity contribution >= 4 is 23.2 Å². The summed E-state index contributed by atoms with van der Waals surface area (Å²) in [6.45, 7) is 11.5. The van der Waals surface area contributed by atoms with Crippen molar-refractivity contribution in [1.82, 2.24) is 20.0 Å². The lowest BCUT2D eigenvalue weighted by molar-refractivity contribution is 0.0887. The molecule has 0 aromatic heterocycles. The quantitative estimate of drug-likeness (QED) is 0.502. The third-order valence-electron chi connectivity index (χ3n) is 7.26. The standard InChI is InChI=1S/C25H42ClN5O2/c1-4-29(2)10-5-11-30-12-6-19(7-13-30)18-31-14-8-20(9-15-31)28-25(32)21-16-22(26)23(27)17-24(21)33-3/h16-17,19-20H,4-15,18,27H2,1-3H3,(H,28,32). The van der Waals surface area contributed by atoms with Gasteiger partial charge in [0.25, 0.3) is 5.91 Å². The van der Waals surface area contributed by atoms with Crippen LogP contribution in [0, 0.1) is 5.92 Å². The number of methoxy groups -OCH3 is 1. The average molecular weight is 480 g/mol. The van der Waals surface area contributed by atoms with Crippen LogP contribution in [0.1, 0.15) is 49.4 Å². The van der Waals surface area contributed by atoms with E-state index in [0.717, 1.165) is 38.4 Å². The van der Waals surface area contributed by atoms with Crippen LogP contribution in [0.4, 0.5) is 5.69 Å². The van der Waals surface area contributed by atoms with Crippen molar-refractivity contribution in [3.63, 3.8) is 0 Å². The van der Waals surface area contributed by atoms with Gasteiger partial charge in [-0.1, -0.05) is 18.5 Å². The minimum absolute atomic E-state index is 0.148. The number of benzene rings is 1. The zero-order valence-corrected chi connectivity index (χ0v) is 21.4. The van der Waals surface area contributed by atoms with Gasteiger partial charge < -0.3 is 30.5 Å². The molecule has 1 aromatic rings. The fraction of sp³-hybridized carbons (Fsp3) is 0.720. The first-order valence-corrected chi connectivity index (χ1v) is 12.8. The Morgan fingerprint density at radius 2 is 1.85 bits per heavy atom. The number of nitrogens with zero attached hydrogens (tertiary/aromatic N) is 3. The SMILES string of the molecule is CCN(C)CCCN1CCC(CN2CCC(NC(=O)c3cc(Cl)c(N)cc3OC)CC2)CC1. The van der Waals surface area contributed by atoms with E-state index in [2.05, 4.69) is 34.0 Å². The lowest BCUT2D eigenvalue weighted by Crippen LogP contribution is -2.47. The van der Waals surface area contributed by atoms with Crippen molar-refractivity contribution in [3.05, 3.63) is 22.7 Å². The van der Waals surface area contributed by atoms with Gasteiger partial charge in [0.15, 0.2) is 0 Å². The van der Waals surface area contributed by atoms with Gasteiger partial charge in [-0.25, -0.2) is 0 Å². The number of carbonyl (C=O) groups excluding carboxylic acids is 1. The molecule has 3 N–H and O–H groups in total. The molecule has 3 rings (SSSR count). The molecule has 0 radical (unpaired) electrons. The first kappa shape index (κ1) is 26.1. The van der Waals surface area contributed by atoms with E-state index < -0.39 is 0 Å². The highest BCUT2D eigenvalue weighted by Gasteiger charge is 2.26. The molecule has 2 aliphatic heterocycles. The van der Waals surface area contributed by atoms with Crippen LogP contribution in [-0.4, -0.2) is 93.2 Å². The van der Waals surface area contributed by atoms with E-state index in [0.29, 0.717) is 22.0 Å². The topological polar surface area (TPSA) is 74.1 Å². The monoisotopic (exact) mass is 479 g/mol. The van der Waals surface area contributed by atoms with Crippen LogP contribution in [0.5, 0.6) is 5.75 Å². The molecule has 2 saturated heterocycles. The number of ether oxygens (including phenoxy) is 1. The number of piperidine rings is 2. The van der Waals surface area contributed by atoms with Gasteiger partial charge in [-0.3, -0.25) is 4.79 Å². The Hall–Kier alpha value is -1.54. The molecule has 0 atom stereocenters. The maximum atomic E-state index is 12.8. The zero-order chi connectivity index (χ0) is 23.8. The minimum atomic E-state index is -0.148. The largest absolute Gasteiger partial charge is 0.496 e. The normalized spacial score (nSPS) is 19.2. The summed E-state index contributed by atoms with van der Waals surface area (Å²) in [6.07, 6.45) is 5.82. The summed E-state index contributed by atoms with van der Waals surface area (Å²) in [5, 5.41) is 3.53. The number of rotatable bonds is 10. The first-order valence-electron chi connectivity index (χ1n) is 12.5. The van der Waals surface area contributed by atoms with E-state index in [-0.39, 0.29) is 11.9 Å². The van der Waals surface area contributed by atoms with Crippen LogP contribution in [0.15, 0.2) is 12.1 Å². The average Bonchev–Trinajstić information content (AvgIpc) is 2.82. The fourth-order valence-electron chi connectivity index (χ4n) is 4.92. The second-order valence-electron chi connectivity index (χ2n) is 9.66. The number of nitrogens with two attached hydrogens (primary N) is 1. The summed E-state index contributed by atoms with van der Waals surface area (Å²) in [4.78, 5) is 20.4. The Kier molecular flexibility index (Phi) is 10.1. The van der Waals surface area contributed by atoms with E-state index in [9.17, 15) is 4.79 Å². The van der Waals surface area contributed by atoms with Gasteiger partial charge in [-0.15, -0.1) is 0 Å². The fourth-order valence-corrected chi connectivity index (χ4v) is 5.08. The number of hydrogen-bond acceptors (Lipinski definition) is 6. The zero-order valence-electron chi connectivity index (χ0n) is 20.6. The third-order valence-corrected chi connectivity index (χ3v) is 7.59. The van der Waals surface area contributed by atoms with E-state index >= 15 is 0 Å². The summed E-state index contributed by atoms with van der Waals surface area (Å²) >= 11 is 6.12. The summed E-state index contributed by atoms with van der Waals surface area (Å²) in [7, 11) is 3.73. The number of amides is 1. The molecule has 2 fully saturated rings. The maximum Gasteiger partial charge on any atom is 0.255 e. The van der Waals surface area contributed by atoms with Crippen LogP contribution in [-0.2, 0) is 0 Å². The van der Waals surface area contributed by atoms with Gasteiger partial charge in [0.1, 0.15) is 5.75 Å². The maximum absolute atomic E-state index is 12.8. The van der Waals surface area contributed by atoms with Gasteiger partial charge >= 0.3 is 0 Å². The summed E-state index contributed by atoms with van der Waals surface area (Å²) in [6, 6.07) is 3.38. The Morgan fingerprint density at radius 3 is 2.48 bits per heavy atom. The number of hydrogen-bond donors (Lipinski definition) is 2. The number of halogens is 1. The predicted molar refractivity (Wildman–Crippen MR) is 136 cm³/mol. The highest BCUT2D eigenvalue weighted by molar-refractivity contribution is 6.33. The molecular weight excluding hydrogens is 438 g/mol. The van der Waals surface area contributed by atoms with E-state index in [1.54, 1.807) is 12.1 Å². The number of carbonyl (C=O) groups is 1. The second-order valence-corrected chi connectivity index (χ2v) is 10.1. The van der Waals surface area contributed by atoms with Gasteiger partial charge in [0, 0.05) is 31.7 Å². The lowest BCUT2D eigenvalue weighted by atomic mass is 9.94. The number of anilines is 1. The third kappa shape index (κ3) is 7.74. The highest BCUT2D eigenvalue weighted by atomic mass is 35.5. The second kappa shape index (κ2) is 12.8. The molecule has 7 nitrogen and oxygen atoms in total. The molecule has 0 spiro atoms. The van der Waals surface area contributed by atoms with Crippen molar-refractivity contribution in [2.24, 2.45) is 5.92 Å².